The highest BCUT2D eigenvalue weighted by Gasteiger charge is 2.53. The van der Waals surface area contributed by atoms with Crippen LogP contribution in [0, 0.1) is 0 Å². The average molecular weight is 424 g/mol. The molecule has 1 N–H and O–H groups in total. The van der Waals surface area contributed by atoms with Crippen LogP contribution < -0.4 is 4.74 Å². The molecule has 0 atom stereocenters. The molecule has 1 saturated heterocycles. The van der Waals surface area contributed by atoms with Crippen molar-refractivity contribution in [3.63, 3.8) is 0 Å². The summed E-state index contributed by atoms with van der Waals surface area (Å²) in [6.45, 7) is 0.950. The second-order valence-electron chi connectivity index (χ2n) is 6.97. The molecule has 2 aromatic carbocycles. The molecule has 150 valence electrons. The molecule has 2 aromatic rings. The Morgan fingerprint density at radius 1 is 1.14 bits per heavy atom. The van der Waals surface area contributed by atoms with Gasteiger partial charge in [0.2, 0.25) is 0 Å². The Morgan fingerprint density at radius 3 is 2.36 bits per heavy atom. The number of sulfone groups is 1. The maximum atomic E-state index is 13.4. The first-order chi connectivity index (χ1) is 13.3. The lowest BCUT2D eigenvalue weighted by Gasteiger charge is -2.36. The van der Waals surface area contributed by atoms with E-state index in [4.69, 9.17) is 16.3 Å². The summed E-state index contributed by atoms with van der Waals surface area (Å²) in [5.74, 6) is -1.16. The van der Waals surface area contributed by atoms with Gasteiger partial charge >= 0.3 is 5.97 Å². The van der Waals surface area contributed by atoms with E-state index in [1.165, 1.54) is 6.07 Å². The summed E-state index contributed by atoms with van der Waals surface area (Å²) < 4.78 is 30.8. The fourth-order valence-electron chi connectivity index (χ4n) is 3.32. The van der Waals surface area contributed by atoms with Gasteiger partial charge in [-0.25, -0.2) is 8.42 Å². The molecule has 0 unspecified atom stereocenters. The van der Waals surface area contributed by atoms with Crippen LogP contribution in [-0.2, 0) is 21.2 Å². The first-order valence-electron chi connectivity index (χ1n) is 8.89. The third-order valence-corrected chi connectivity index (χ3v) is 7.93. The van der Waals surface area contributed by atoms with Crippen LogP contribution in [0.1, 0.15) is 18.4 Å². The number of para-hydroxylation sites is 1. The van der Waals surface area contributed by atoms with Gasteiger partial charge in [0.05, 0.1) is 0 Å². The summed E-state index contributed by atoms with van der Waals surface area (Å²) in [6.07, 6.45) is 0.0688. The van der Waals surface area contributed by atoms with Gasteiger partial charge in [0.15, 0.2) is 14.6 Å². The monoisotopic (exact) mass is 423 g/mol. The number of piperidine rings is 1. The van der Waals surface area contributed by atoms with Crippen molar-refractivity contribution in [2.24, 2.45) is 0 Å². The van der Waals surface area contributed by atoms with Crippen molar-refractivity contribution in [2.75, 3.05) is 20.1 Å². The van der Waals surface area contributed by atoms with Crippen LogP contribution >= 0.6 is 11.6 Å². The molecule has 3 rings (SSSR count). The molecule has 1 aliphatic rings. The summed E-state index contributed by atoms with van der Waals surface area (Å²) >= 11 is 5.88. The molecular weight excluding hydrogens is 402 g/mol. The van der Waals surface area contributed by atoms with E-state index in [1.807, 2.05) is 11.9 Å². The van der Waals surface area contributed by atoms with Crippen molar-refractivity contribution in [1.29, 1.82) is 0 Å². The van der Waals surface area contributed by atoms with E-state index in [9.17, 15) is 18.3 Å². The van der Waals surface area contributed by atoms with E-state index < -0.39 is 20.6 Å². The average Bonchev–Trinajstić information content (AvgIpc) is 2.68. The number of benzene rings is 2. The van der Waals surface area contributed by atoms with Gasteiger partial charge in [0.25, 0.3) is 0 Å². The zero-order valence-corrected chi connectivity index (χ0v) is 17.0. The number of aliphatic carboxylic acids is 1. The third kappa shape index (κ3) is 3.87. The lowest BCUT2D eigenvalue weighted by molar-refractivity contribution is -0.141. The van der Waals surface area contributed by atoms with Gasteiger partial charge in [-0.3, -0.25) is 4.79 Å². The standard InChI is InChI=1S/C20H22ClNO5S/c1-22-12-10-20(11-13-22,19(23)24)28(25,26)18-5-3-2-4-17(18)27-14-15-6-8-16(21)9-7-15/h2-9H,10-14H2,1H3,(H,23,24). The molecular formula is C20H22ClNO5S. The zero-order valence-electron chi connectivity index (χ0n) is 15.5. The number of carbonyl (C=O) groups is 1. The Hall–Kier alpha value is -2.09. The second-order valence-corrected chi connectivity index (χ2v) is 9.63. The number of carboxylic acid groups (broad SMARTS) is 1. The first-order valence-corrected chi connectivity index (χ1v) is 10.8. The fraction of sp³-hybridized carbons (Fsp3) is 0.350. The number of rotatable bonds is 6. The summed E-state index contributed by atoms with van der Waals surface area (Å²) in [6, 6.07) is 13.2. The molecule has 0 bridgehead atoms. The Morgan fingerprint density at radius 2 is 1.75 bits per heavy atom. The van der Waals surface area contributed by atoms with Gasteiger partial charge in [0.1, 0.15) is 17.3 Å². The fourth-order valence-corrected chi connectivity index (χ4v) is 5.47. The van der Waals surface area contributed by atoms with Crippen molar-refractivity contribution in [1.82, 2.24) is 4.90 Å². The highest BCUT2D eigenvalue weighted by Crippen LogP contribution is 2.39. The Bertz CT molecular complexity index is 951. The minimum Gasteiger partial charge on any atom is -0.488 e. The number of ether oxygens (including phenoxy) is 1. The molecule has 0 aliphatic carbocycles. The Balaban J connectivity index is 1.93. The van der Waals surface area contributed by atoms with Gasteiger partial charge in [-0.1, -0.05) is 35.9 Å². The van der Waals surface area contributed by atoms with Crippen molar-refractivity contribution < 1.29 is 23.1 Å². The number of likely N-dealkylation sites (tertiary alicyclic amines) is 1. The van der Waals surface area contributed by atoms with E-state index in [1.54, 1.807) is 42.5 Å². The van der Waals surface area contributed by atoms with Crippen LogP contribution in [0.4, 0.5) is 0 Å². The predicted molar refractivity (Wildman–Crippen MR) is 107 cm³/mol. The maximum absolute atomic E-state index is 13.4. The van der Waals surface area contributed by atoms with E-state index in [2.05, 4.69) is 0 Å². The van der Waals surface area contributed by atoms with Gasteiger partial charge in [0, 0.05) is 5.02 Å². The molecule has 1 heterocycles. The van der Waals surface area contributed by atoms with Crippen molar-refractivity contribution >= 4 is 27.4 Å². The number of hydrogen-bond donors (Lipinski definition) is 1. The highest BCUT2D eigenvalue weighted by molar-refractivity contribution is 7.93. The van der Waals surface area contributed by atoms with E-state index in [0.29, 0.717) is 18.1 Å². The number of nitrogens with zero attached hydrogens (tertiary/aromatic N) is 1. The lowest BCUT2D eigenvalue weighted by Crippen LogP contribution is -2.53. The van der Waals surface area contributed by atoms with Crippen LogP contribution in [0.25, 0.3) is 0 Å². The molecule has 0 radical (unpaired) electrons. The molecule has 6 nitrogen and oxygen atoms in total. The topological polar surface area (TPSA) is 83.9 Å². The van der Waals surface area contributed by atoms with E-state index in [-0.39, 0.29) is 30.1 Å². The number of hydrogen-bond acceptors (Lipinski definition) is 5. The van der Waals surface area contributed by atoms with Crippen LogP contribution in [0.3, 0.4) is 0 Å². The lowest BCUT2D eigenvalue weighted by atomic mass is 9.96. The van der Waals surface area contributed by atoms with E-state index in [0.717, 1.165) is 5.56 Å². The summed E-state index contributed by atoms with van der Waals surface area (Å²) in [5, 5.41) is 10.4. The highest BCUT2D eigenvalue weighted by atomic mass is 35.5. The Labute approximate surface area is 169 Å². The van der Waals surface area contributed by atoms with Gasteiger partial charge in [-0.15, -0.1) is 0 Å². The van der Waals surface area contributed by atoms with Gasteiger partial charge in [-0.05, 0) is 62.8 Å². The van der Waals surface area contributed by atoms with E-state index >= 15 is 0 Å². The first kappa shape index (κ1) is 20.6. The third-order valence-electron chi connectivity index (χ3n) is 5.15. The molecule has 0 spiro atoms. The van der Waals surface area contributed by atoms with Crippen molar-refractivity contribution in [3.05, 3.63) is 59.1 Å². The summed E-state index contributed by atoms with van der Waals surface area (Å²) in [7, 11) is -2.31. The summed E-state index contributed by atoms with van der Waals surface area (Å²) in [4.78, 5) is 13.9. The zero-order chi connectivity index (χ0) is 20.4. The number of carboxylic acids is 1. The largest absolute Gasteiger partial charge is 0.488 e. The molecule has 0 amide bonds. The van der Waals surface area contributed by atoms with Gasteiger partial charge in [-0.2, -0.15) is 0 Å². The minimum absolute atomic E-state index is 0.0344. The van der Waals surface area contributed by atoms with Gasteiger partial charge < -0.3 is 14.7 Å². The van der Waals surface area contributed by atoms with Crippen LogP contribution in [0.2, 0.25) is 5.02 Å². The summed E-state index contributed by atoms with van der Waals surface area (Å²) in [5.41, 5.74) is 0.823. The normalized spacial score (nSPS) is 17.2. The molecule has 8 heteroatoms. The molecule has 0 saturated carbocycles. The Kier molecular flexibility index (Phi) is 5.98. The van der Waals surface area contributed by atoms with Crippen molar-refractivity contribution in [3.8, 4) is 5.75 Å². The molecule has 28 heavy (non-hydrogen) atoms. The smallest absolute Gasteiger partial charge is 0.325 e. The number of halogens is 1. The minimum atomic E-state index is -4.16. The predicted octanol–water partition coefficient (Wildman–Crippen LogP) is 3.24. The quantitative estimate of drug-likeness (QED) is 0.767. The molecule has 1 aliphatic heterocycles. The SMILES string of the molecule is CN1CCC(C(=O)O)(S(=O)(=O)c2ccccc2OCc2ccc(Cl)cc2)CC1. The second kappa shape index (κ2) is 8.11. The molecule has 1 fully saturated rings. The van der Waals surface area contributed by atoms with Crippen molar-refractivity contribution in [2.45, 2.75) is 29.1 Å². The molecule has 0 aromatic heterocycles. The van der Waals surface area contributed by atoms with Crippen LogP contribution in [0.15, 0.2) is 53.4 Å². The van der Waals surface area contributed by atoms with Crippen LogP contribution in [0.5, 0.6) is 5.75 Å². The van der Waals surface area contributed by atoms with Crippen LogP contribution in [-0.4, -0.2) is 49.3 Å². The maximum Gasteiger partial charge on any atom is 0.325 e.